The van der Waals surface area contributed by atoms with Gasteiger partial charge in [-0.2, -0.15) is 9.78 Å². The highest BCUT2D eigenvalue weighted by Gasteiger charge is 2.27. The molecule has 0 aliphatic carbocycles. The Kier molecular flexibility index (Phi) is 4.95. The van der Waals surface area contributed by atoms with Gasteiger partial charge in [0.15, 0.2) is 5.82 Å². The molecule has 0 N–H and O–H groups in total. The van der Waals surface area contributed by atoms with Gasteiger partial charge in [0.05, 0.1) is 37.9 Å². The lowest BCUT2D eigenvalue weighted by Gasteiger charge is -2.20. The first kappa shape index (κ1) is 18.4. The number of thioether (sulfide) groups is 1. The van der Waals surface area contributed by atoms with Gasteiger partial charge in [-0.15, -0.1) is 10.2 Å². The van der Waals surface area contributed by atoms with Gasteiger partial charge in [0.1, 0.15) is 17.2 Å². The van der Waals surface area contributed by atoms with Crippen LogP contribution in [0.2, 0.25) is 0 Å². The number of hydrogen-bond donors (Lipinski definition) is 0. The second kappa shape index (κ2) is 7.55. The van der Waals surface area contributed by atoms with E-state index in [-0.39, 0.29) is 5.25 Å². The number of fused-ring (bicyclic) bond motifs is 1. The van der Waals surface area contributed by atoms with Crippen molar-refractivity contribution in [2.24, 2.45) is 5.10 Å². The van der Waals surface area contributed by atoms with Crippen molar-refractivity contribution in [1.82, 2.24) is 14.9 Å². The van der Waals surface area contributed by atoms with Crippen molar-refractivity contribution in [3.05, 3.63) is 48.0 Å². The summed E-state index contributed by atoms with van der Waals surface area (Å²) in [4.78, 5) is 0. The van der Waals surface area contributed by atoms with E-state index in [9.17, 15) is 0 Å². The first-order chi connectivity index (χ1) is 13.6. The molecule has 144 valence electrons. The molecule has 2 aromatic carbocycles. The third-order valence-corrected chi connectivity index (χ3v) is 5.56. The zero-order valence-corrected chi connectivity index (χ0v) is 16.9. The van der Waals surface area contributed by atoms with Gasteiger partial charge in [-0.05, 0) is 48.9 Å². The molecule has 0 bridgehead atoms. The fraction of sp³-hybridized carbons (Fsp3) is 0.250. The van der Waals surface area contributed by atoms with E-state index in [1.165, 1.54) is 0 Å². The third kappa shape index (κ3) is 3.20. The number of aromatic nitrogens is 3. The van der Waals surface area contributed by atoms with Gasteiger partial charge in [-0.3, -0.25) is 0 Å². The van der Waals surface area contributed by atoms with Crippen LogP contribution in [0.25, 0.3) is 11.4 Å². The molecule has 2 heterocycles. The second-order valence-corrected chi connectivity index (χ2v) is 7.47. The largest absolute Gasteiger partial charge is 0.497 e. The van der Waals surface area contributed by atoms with Crippen molar-refractivity contribution in [3.63, 3.8) is 0 Å². The minimum atomic E-state index is 0.149. The lowest BCUT2D eigenvalue weighted by atomic mass is 10.1. The molecule has 0 saturated carbocycles. The molecule has 0 radical (unpaired) electrons. The van der Waals surface area contributed by atoms with Crippen molar-refractivity contribution in [2.75, 3.05) is 21.3 Å². The van der Waals surface area contributed by atoms with Crippen molar-refractivity contribution >= 4 is 17.5 Å². The van der Waals surface area contributed by atoms with Crippen LogP contribution in [0.15, 0.2) is 52.7 Å². The smallest absolute Gasteiger partial charge is 0.213 e. The number of benzene rings is 2. The van der Waals surface area contributed by atoms with Gasteiger partial charge >= 0.3 is 0 Å². The highest BCUT2D eigenvalue weighted by atomic mass is 32.2. The van der Waals surface area contributed by atoms with Gasteiger partial charge in [0, 0.05) is 6.07 Å². The molecule has 0 fully saturated rings. The van der Waals surface area contributed by atoms with E-state index in [4.69, 9.17) is 19.3 Å². The van der Waals surface area contributed by atoms with Crippen LogP contribution in [0, 0.1) is 0 Å². The molecule has 0 saturated heterocycles. The normalized spacial score (nSPS) is 15.6. The summed E-state index contributed by atoms with van der Waals surface area (Å²) in [7, 11) is 4.90. The maximum Gasteiger partial charge on any atom is 0.213 e. The molecule has 1 unspecified atom stereocenters. The van der Waals surface area contributed by atoms with Crippen molar-refractivity contribution in [2.45, 2.75) is 17.3 Å². The summed E-state index contributed by atoms with van der Waals surface area (Å²) in [6.07, 6.45) is 0. The van der Waals surface area contributed by atoms with E-state index < -0.39 is 0 Å². The Hall–Kier alpha value is -3.00. The fourth-order valence-electron chi connectivity index (χ4n) is 3.04. The quantitative estimate of drug-likeness (QED) is 0.655. The van der Waals surface area contributed by atoms with Crippen LogP contribution in [0.1, 0.15) is 12.5 Å². The monoisotopic (exact) mass is 396 g/mol. The van der Waals surface area contributed by atoms with E-state index in [0.29, 0.717) is 17.3 Å². The molecule has 7 nitrogen and oxygen atoms in total. The zero-order valence-electron chi connectivity index (χ0n) is 16.0. The number of ether oxygens (including phenoxy) is 3. The van der Waals surface area contributed by atoms with Crippen molar-refractivity contribution in [3.8, 4) is 28.6 Å². The van der Waals surface area contributed by atoms with Gasteiger partial charge in [-0.1, -0.05) is 11.8 Å². The average molecular weight is 396 g/mol. The maximum absolute atomic E-state index is 5.53. The highest BCUT2D eigenvalue weighted by molar-refractivity contribution is 8.00. The minimum absolute atomic E-state index is 0.149. The molecule has 0 spiro atoms. The van der Waals surface area contributed by atoms with Crippen LogP contribution in [0.3, 0.4) is 0 Å². The van der Waals surface area contributed by atoms with Gasteiger partial charge in [-0.25, -0.2) is 0 Å². The number of rotatable bonds is 5. The topological polar surface area (TPSA) is 70.8 Å². The maximum atomic E-state index is 5.53. The number of hydrogen-bond acceptors (Lipinski definition) is 7. The molecule has 1 aromatic heterocycles. The van der Waals surface area contributed by atoms with Gasteiger partial charge in [0.25, 0.3) is 0 Å². The predicted octanol–water partition coefficient (Wildman–Crippen LogP) is 3.72. The van der Waals surface area contributed by atoms with E-state index in [1.54, 1.807) is 37.8 Å². The van der Waals surface area contributed by atoms with Crippen LogP contribution < -0.4 is 14.2 Å². The SMILES string of the molecule is COc1ccc(C2=Nn3c(nnc3-c3ccc(OC)cc3OC)SC2C)cc1. The van der Waals surface area contributed by atoms with Crippen LogP contribution in [0.4, 0.5) is 0 Å². The summed E-state index contributed by atoms with van der Waals surface area (Å²) in [6.45, 7) is 2.11. The molecular weight excluding hydrogens is 376 g/mol. The number of nitrogens with zero attached hydrogens (tertiary/aromatic N) is 4. The summed E-state index contributed by atoms with van der Waals surface area (Å²) in [5.41, 5.74) is 2.79. The van der Waals surface area contributed by atoms with Crippen molar-refractivity contribution < 1.29 is 14.2 Å². The molecule has 0 amide bonds. The average Bonchev–Trinajstić information content (AvgIpc) is 3.15. The second-order valence-electron chi connectivity index (χ2n) is 6.16. The lowest BCUT2D eigenvalue weighted by Crippen LogP contribution is -2.21. The molecule has 1 atom stereocenters. The summed E-state index contributed by atoms with van der Waals surface area (Å²) in [5.74, 6) is 2.80. The molecule has 8 heteroatoms. The fourth-order valence-corrected chi connectivity index (χ4v) is 3.96. The lowest BCUT2D eigenvalue weighted by molar-refractivity contribution is 0.395. The van der Waals surface area contributed by atoms with Crippen molar-refractivity contribution in [1.29, 1.82) is 0 Å². The Labute approximate surface area is 167 Å². The Balaban J connectivity index is 1.80. The van der Waals surface area contributed by atoms with Crippen LogP contribution in [-0.2, 0) is 0 Å². The van der Waals surface area contributed by atoms with E-state index in [0.717, 1.165) is 27.7 Å². The van der Waals surface area contributed by atoms with Gasteiger partial charge < -0.3 is 14.2 Å². The molecule has 1 aliphatic rings. The molecule has 28 heavy (non-hydrogen) atoms. The van der Waals surface area contributed by atoms with E-state index >= 15 is 0 Å². The first-order valence-corrected chi connectivity index (χ1v) is 9.60. The zero-order chi connectivity index (χ0) is 19.7. The van der Waals surface area contributed by atoms with E-state index in [2.05, 4.69) is 17.1 Å². The Morgan fingerprint density at radius 2 is 1.61 bits per heavy atom. The summed E-state index contributed by atoms with van der Waals surface area (Å²) < 4.78 is 17.8. The predicted molar refractivity (Wildman–Crippen MR) is 109 cm³/mol. The van der Waals surface area contributed by atoms with Crippen LogP contribution >= 0.6 is 11.8 Å². The molecule has 1 aliphatic heterocycles. The summed E-state index contributed by atoms with van der Waals surface area (Å²) >= 11 is 1.62. The molecule has 4 rings (SSSR count). The Morgan fingerprint density at radius 1 is 0.893 bits per heavy atom. The van der Waals surface area contributed by atoms with E-state index in [1.807, 2.05) is 42.5 Å². The molecule has 3 aromatic rings. The summed E-state index contributed by atoms with van der Waals surface area (Å²) in [5, 5.41) is 14.4. The highest BCUT2D eigenvalue weighted by Crippen LogP contribution is 2.37. The standard InChI is InChI=1S/C20H20N4O3S/c1-12-18(13-5-7-14(25-2)8-6-13)23-24-19(21-22-20(24)28-12)16-10-9-15(26-3)11-17(16)27-4/h5-12H,1-4H3. The number of methoxy groups -OCH3 is 3. The summed E-state index contributed by atoms with van der Waals surface area (Å²) in [6, 6.07) is 13.5. The third-order valence-electron chi connectivity index (χ3n) is 4.52. The van der Waals surface area contributed by atoms with Gasteiger partial charge in [0.2, 0.25) is 5.16 Å². The Morgan fingerprint density at radius 3 is 2.29 bits per heavy atom. The first-order valence-electron chi connectivity index (χ1n) is 8.72. The molecular formula is C20H20N4O3S. The van der Waals surface area contributed by atoms with Crippen LogP contribution in [-0.4, -0.2) is 47.2 Å². The van der Waals surface area contributed by atoms with Crippen LogP contribution in [0.5, 0.6) is 17.2 Å². The Bertz CT molecular complexity index is 1030. The minimum Gasteiger partial charge on any atom is -0.497 e.